The minimum absolute atomic E-state index is 0.289. The summed E-state index contributed by atoms with van der Waals surface area (Å²) in [6.07, 6.45) is 1.56. The van der Waals surface area contributed by atoms with Crippen molar-refractivity contribution in [1.29, 1.82) is 0 Å². The standard InChI is InChI=1S/C13H14N4OS/c1-18-11-5-3-2-4-9(11)8-15-13-10(12(14)19)6-7-16-17-13/h2-7H,8H2,1H3,(H2,14,19)(H,15,17). The Morgan fingerprint density at radius 1 is 1.37 bits per heavy atom. The van der Waals surface area contributed by atoms with Crippen LogP contribution in [0, 0.1) is 0 Å². The van der Waals surface area contributed by atoms with E-state index in [0.717, 1.165) is 11.3 Å². The van der Waals surface area contributed by atoms with Gasteiger partial charge < -0.3 is 15.8 Å². The van der Waals surface area contributed by atoms with Crippen molar-refractivity contribution in [2.45, 2.75) is 6.54 Å². The quantitative estimate of drug-likeness (QED) is 0.809. The van der Waals surface area contributed by atoms with Gasteiger partial charge in [0.1, 0.15) is 10.7 Å². The molecule has 19 heavy (non-hydrogen) atoms. The zero-order valence-electron chi connectivity index (χ0n) is 10.5. The average Bonchev–Trinajstić information content (AvgIpc) is 2.45. The van der Waals surface area contributed by atoms with E-state index >= 15 is 0 Å². The molecular weight excluding hydrogens is 260 g/mol. The molecule has 1 heterocycles. The number of thiocarbonyl (C=S) groups is 1. The molecule has 0 unspecified atom stereocenters. The van der Waals surface area contributed by atoms with Gasteiger partial charge in [-0.05, 0) is 12.1 Å². The number of aromatic nitrogens is 2. The van der Waals surface area contributed by atoms with Gasteiger partial charge in [0.25, 0.3) is 0 Å². The molecule has 2 aromatic rings. The molecule has 2 rings (SSSR count). The lowest BCUT2D eigenvalue weighted by Crippen LogP contribution is -2.15. The minimum atomic E-state index is 0.289. The van der Waals surface area contributed by atoms with E-state index in [1.807, 2.05) is 24.3 Å². The van der Waals surface area contributed by atoms with E-state index in [0.29, 0.717) is 17.9 Å². The van der Waals surface area contributed by atoms with Crippen LogP contribution >= 0.6 is 12.2 Å². The Morgan fingerprint density at radius 3 is 2.89 bits per heavy atom. The summed E-state index contributed by atoms with van der Waals surface area (Å²) < 4.78 is 5.28. The lowest BCUT2D eigenvalue weighted by Gasteiger charge is -2.11. The number of nitrogens with zero attached hydrogens (tertiary/aromatic N) is 2. The Bertz CT molecular complexity index is 588. The van der Waals surface area contributed by atoms with E-state index < -0.39 is 0 Å². The molecular formula is C13H14N4OS. The molecule has 0 saturated heterocycles. The summed E-state index contributed by atoms with van der Waals surface area (Å²) in [5.41, 5.74) is 7.34. The van der Waals surface area contributed by atoms with Gasteiger partial charge in [0.15, 0.2) is 5.82 Å². The Hall–Kier alpha value is -2.21. The average molecular weight is 274 g/mol. The topological polar surface area (TPSA) is 73.1 Å². The zero-order valence-corrected chi connectivity index (χ0v) is 11.3. The van der Waals surface area contributed by atoms with E-state index in [-0.39, 0.29) is 4.99 Å². The molecule has 0 aliphatic carbocycles. The minimum Gasteiger partial charge on any atom is -0.496 e. The van der Waals surface area contributed by atoms with E-state index in [1.165, 1.54) is 0 Å². The van der Waals surface area contributed by atoms with E-state index in [1.54, 1.807) is 19.4 Å². The first-order chi connectivity index (χ1) is 9.22. The Kier molecular flexibility index (Phi) is 4.25. The molecule has 5 nitrogen and oxygen atoms in total. The maximum atomic E-state index is 5.64. The molecule has 1 aromatic heterocycles. The molecule has 0 bridgehead atoms. The molecule has 3 N–H and O–H groups in total. The molecule has 0 aliphatic heterocycles. The van der Waals surface area contributed by atoms with Crippen molar-refractivity contribution in [2.75, 3.05) is 12.4 Å². The van der Waals surface area contributed by atoms with Gasteiger partial charge in [0.05, 0.1) is 18.9 Å². The van der Waals surface area contributed by atoms with Crippen LogP contribution in [-0.4, -0.2) is 22.3 Å². The SMILES string of the molecule is COc1ccccc1CNc1nnccc1C(N)=S. The maximum Gasteiger partial charge on any atom is 0.159 e. The number of anilines is 1. The summed E-state index contributed by atoms with van der Waals surface area (Å²) in [7, 11) is 1.64. The lowest BCUT2D eigenvalue weighted by atomic mass is 10.2. The summed E-state index contributed by atoms with van der Waals surface area (Å²) >= 11 is 4.97. The smallest absolute Gasteiger partial charge is 0.159 e. The zero-order chi connectivity index (χ0) is 13.7. The molecule has 0 radical (unpaired) electrons. The highest BCUT2D eigenvalue weighted by Crippen LogP contribution is 2.19. The van der Waals surface area contributed by atoms with Gasteiger partial charge >= 0.3 is 0 Å². The van der Waals surface area contributed by atoms with Crippen molar-refractivity contribution in [1.82, 2.24) is 10.2 Å². The Balaban J connectivity index is 2.17. The van der Waals surface area contributed by atoms with Gasteiger partial charge in [0, 0.05) is 12.1 Å². The number of nitrogens with one attached hydrogen (secondary N) is 1. The molecule has 1 aromatic carbocycles. The van der Waals surface area contributed by atoms with Crippen LogP contribution in [0.25, 0.3) is 0 Å². The van der Waals surface area contributed by atoms with Crippen molar-refractivity contribution >= 4 is 23.0 Å². The summed E-state index contributed by atoms with van der Waals surface area (Å²) in [5, 5.41) is 11.0. The Morgan fingerprint density at radius 2 is 2.16 bits per heavy atom. The number of para-hydroxylation sites is 1. The predicted octanol–water partition coefficient (Wildman–Crippen LogP) is 1.73. The fourth-order valence-electron chi connectivity index (χ4n) is 1.69. The van der Waals surface area contributed by atoms with E-state index in [9.17, 15) is 0 Å². The van der Waals surface area contributed by atoms with Gasteiger partial charge in [-0.2, -0.15) is 5.10 Å². The van der Waals surface area contributed by atoms with Crippen LogP contribution in [0.15, 0.2) is 36.5 Å². The Labute approximate surface area is 116 Å². The van der Waals surface area contributed by atoms with Crippen LogP contribution in [-0.2, 0) is 6.54 Å². The predicted molar refractivity (Wildman–Crippen MR) is 78.2 cm³/mol. The van der Waals surface area contributed by atoms with Crippen LogP contribution in [0.3, 0.4) is 0 Å². The molecule has 0 atom stereocenters. The van der Waals surface area contributed by atoms with Gasteiger partial charge in [-0.3, -0.25) is 0 Å². The van der Waals surface area contributed by atoms with Gasteiger partial charge in [-0.15, -0.1) is 5.10 Å². The first-order valence-corrected chi connectivity index (χ1v) is 6.10. The van der Waals surface area contributed by atoms with E-state index in [2.05, 4.69) is 15.5 Å². The van der Waals surface area contributed by atoms with Crippen LogP contribution < -0.4 is 15.8 Å². The first kappa shape index (κ1) is 13.2. The number of ether oxygens (including phenoxy) is 1. The molecule has 98 valence electrons. The van der Waals surface area contributed by atoms with E-state index in [4.69, 9.17) is 22.7 Å². The fraction of sp³-hybridized carbons (Fsp3) is 0.154. The van der Waals surface area contributed by atoms with Crippen LogP contribution in [0.2, 0.25) is 0 Å². The van der Waals surface area contributed by atoms with Crippen LogP contribution in [0.4, 0.5) is 5.82 Å². The summed E-state index contributed by atoms with van der Waals surface area (Å²) in [6.45, 7) is 0.554. The summed E-state index contributed by atoms with van der Waals surface area (Å²) in [6, 6.07) is 9.49. The van der Waals surface area contributed by atoms with Crippen LogP contribution in [0.5, 0.6) is 5.75 Å². The highest BCUT2D eigenvalue weighted by Gasteiger charge is 2.07. The second-order valence-corrected chi connectivity index (χ2v) is 4.26. The first-order valence-electron chi connectivity index (χ1n) is 5.69. The lowest BCUT2D eigenvalue weighted by molar-refractivity contribution is 0.410. The van der Waals surface area contributed by atoms with Crippen molar-refractivity contribution in [3.8, 4) is 5.75 Å². The van der Waals surface area contributed by atoms with Crippen LogP contribution in [0.1, 0.15) is 11.1 Å². The third-order valence-corrected chi connectivity index (χ3v) is 2.84. The van der Waals surface area contributed by atoms with Gasteiger partial charge in [0.2, 0.25) is 0 Å². The molecule has 6 heteroatoms. The molecule has 0 spiro atoms. The van der Waals surface area contributed by atoms with Crippen molar-refractivity contribution in [2.24, 2.45) is 5.73 Å². The molecule has 0 amide bonds. The second-order valence-electron chi connectivity index (χ2n) is 3.82. The maximum absolute atomic E-state index is 5.64. The largest absolute Gasteiger partial charge is 0.496 e. The number of rotatable bonds is 5. The number of methoxy groups -OCH3 is 1. The molecule has 0 fully saturated rings. The highest BCUT2D eigenvalue weighted by molar-refractivity contribution is 7.80. The number of benzene rings is 1. The van der Waals surface area contributed by atoms with Crippen molar-refractivity contribution < 1.29 is 4.74 Å². The highest BCUT2D eigenvalue weighted by atomic mass is 32.1. The second kappa shape index (κ2) is 6.10. The van der Waals surface area contributed by atoms with Crippen molar-refractivity contribution in [3.63, 3.8) is 0 Å². The third-order valence-electron chi connectivity index (χ3n) is 2.62. The van der Waals surface area contributed by atoms with Gasteiger partial charge in [-0.1, -0.05) is 30.4 Å². The summed E-state index contributed by atoms with van der Waals surface area (Å²) in [5.74, 6) is 1.39. The van der Waals surface area contributed by atoms with Gasteiger partial charge in [-0.25, -0.2) is 0 Å². The van der Waals surface area contributed by atoms with Crippen molar-refractivity contribution in [3.05, 3.63) is 47.7 Å². The third kappa shape index (κ3) is 3.17. The number of hydrogen-bond acceptors (Lipinski definition) is 5. The molecule has 0 aliphatic rings. The molecule has 0 saturated carbocycles. The monoisotopic (exact) mass is 274 g/mol. The number of nitrogens with two attached hydrogens (primary N) is 1. The summed E-state index contributed by atoms with van der Waals surface area (Å²) in [4.78, 5) is 0.289. The fourth-order valence-corrected chi connectivity index (χ4v) is 1.85. The normalized spacial score (nSPS) is 9.95. The number of hydrogen-bond donors (Lipinski definition) is 2.